The van der Waals surface area contributed by atoms with Crippen molar-refractivity contribution in [3.8, 4) is 5.88 Å². The quantitative estimate of drug-likeness (QED) is 0.488. The Morgan fingerprint density at radius 3 is 2.95 bits per heavy atom. The largest absolute Gasteiger partial charge is 0.481 e. The molecule has 1 aromatic carbocycles. The van der Waals surface area contributed by atoms with Gasteiger partial charge in [0, 0.05) is 49.0 Å². The number of pyridine rings is 2. The molecule has 0 unspecified atom stereocenters. The standard InChI is InChI=1S/C27H30N6O4S/c1-31(12-17-8-10-32(13-17)22-7-9-28-20-4-6-25(36-2)30-26(20)22)14-19-15-33(27(35)37-19)18-3-5-23-21(11-18)29-24(34)16-38-23/h3-7,9,11,17,19H,8,10,12-16H2,1-2H3,(H,29,34)/t17-,19-/m1/s1. The summed E-state index contributed by atoms with van der Waals surface area (Å²) in [4.78, 5) is 40.8. The number of thioether (sulfide) groups is 1. The highest BCUT2D eigenvalue weighted by molar-refractivity contribution is 8.00. The Labute approximate surface area is 225 Å². The van der Waals surface area contributed by atoms with Gasteiger partial charge in [0.25, 0.3) is 0 Å². The van der Waals surface area contributed by atoms with Gasteiger partial charge in [-0.25, -0.2) is 9.78 Å². The molecule has 0 aliphatic carbocycles. The summed E-state index contributed by atoms with van der Waals surface area (Å²) in [6, 6.07) is 11.5. The number of nitrogens with one attached hydrogen (secondary N) is 1. The molecule has 10 nitrogen and oxygen atoms in total. The Hall–Kier alpha value is -3.57. The van der Waals surface area contributed by atoms with Crippen LogP contribution in [-0.2, 0) is 9.53 Å². The number of nitrogens with zero attached hydrogens (tertiary/aromatic N) is 5. The van der Waals surface area contributed by atoms with E-state index in [0.29, 0.717) is 30.6 Å². The van der Waals surface area contributed by atoms with Gasteiger partial charge in [-0.05, 0) is 49.7 Å². The highest BCUT2D eigenvalue weighted by Crippen LogP contribution is 2.36. The van der Waals surface area contributed by atoms with Crippen molar-refractivity contribution < 1.29 is 19.1 Å². The Kier molecular flexibility index (Phi) is 6.71. The second-order valence-electron chi connectivity index (χ2n) is 10.0. The third kappa shape index (κ3) is 4.95. The number of methoxy groups -OCH3 is 1. The van der Waals surface area contributed by atoms with E-state index in [-0.39, 0.29) is 18.1 Å². The summed E-state index contributed by atoms with van der Waals surface area (Å²) in [5.74, 6) is 1.46. The predicted octanol–water partition coefficient (Wildman–Crippen LogP) is 3.47. The summed E-state index contributed by atoms with van der Waals surface area (Å²) >= 11 is 1.50. The SMILES string of the molecule is COc1ccc2nccc(N3CC[C@H](CN(C)C[C@@H]4CN(c5ccc6c(c5)NC(=O)CS6)C(=O)O4)C3)c2n1. The zero-order valence-corrected chi connectivity index (χ0v) is 22.2. The number of anilines is 3. The van der Waals surface area contributed by atoms with Crippen molar-refractivity contribution in [2.45, 2.75) is 17.4 Å². The number of ether oxygens (including phenoxy) is 2. The molecule has 0 spiro atoms. The van der Waals surface area contributed by atoms with E-state index in [0.717, 1.165) is 59.0 Å². The van der Waals surface area contributed by atoms with Crippen LogP contribution in [-0.4, -0.2) is 85.6 Å². The molecule has 0 bridgehead atoms. The lowest BCUT2D eigenvalue weighted by atomic mass is 10.1. The minimum Gasteiger partial charge on any atom is -0.481 e. The fourth-order valence-corrected chi connectivity index (χ4v) is 6.28. The highest BCUT2D eigenvalue weighted by Gasteiger charge is 2.34. The molecule has 2 fully saturated rings. The van der Waals surface area contributed by atoms with E-state index >= 15 is 0 Å². The van der Waals surface area contributed by atoms with Crippen LogP contribution in [0.15, 0.2) is 47.5 Å². The van der Waals surface area contributed by atoms with Gasteiger partial charge in [-0.1, -0.05) is 0 Å². The van der Waals surface area contributed by atoms with Crippen LogP contribution in [0.3, 0.4) is 0 Å². The summed E-state index contributed by atoms with van der Waals surface area (Å²) in [6.45, 7) is 3.93. The molecule has 0 radical (unpaired) electrons. The van der Waals surface area contributed by atoms with Crippen LogP contribution in [0.2, 0.25) is 0 Å². The van der Waals surface area contributed by atoms with E-state index in [2.05, 4.69) is 32.1 Å². The van der Waals surface area contributed by atoms with Gasteiger partial charge in [-0.3, -0.25) is 14.7 Å². The summed E-state index contributed by atoms with van der Waals surface area (Å²) in [5.41, 5.74) is 4.29. The lowest BCUT2D eigenvalue weighted by molar-refractivity contribution is -0.113. The van der Waals surface area contributed by atoms with Gasteiger partial charge in [0.2, 0.25) is 11.8 Å². The molecule has 0 saturated carbocycles. The van der Waals surface area contributed by atoms with Crippen LogP contribution in [0.5, 0.6) is 5.88 Å². The maximum absolute atomic E-state index is 12.7. The van der Waals surface area contributed by atoms with Crippen molar-refractivity contribution in [1.29, 1.82) is 0 Å². The average molecular weight is 535 g/mol. The van der Waals surface area contributed by atoms with Gasteiger partial charge in [0.1, 0.15) is 11.6 Å². The van der Waals surface area contributed by atoms with Crippen LogP contribution in [0.25, 0.3) is 11.0 Å². The molecule has 5 heterocycles. The van der Waals surface area contributed by atoms with Crippen LogP contribution >= 0.6 is 11.8 Å². The number of fused-ring (bicyclic) bond motifs is 2. The lowest BCUT2D eigenvalue weighted by Crippen LogP contribution is -2.36. The number of hydrogen-bond donors (Lipinski definition) is 1. The third-order valence-electron chi connectivity index (χ3n) is 7.24. The van der Waals surface area contributed by atoms with Crippen molar-refractivity contribution in [2.75, 3.05) is 67.8 Å². The first-order valence-electron chi connectivity index (χ1n) is 12.7. The van der Waals surface area contributed by atoms with E-state index in [4.69, 9.17) is 9.47 Å². The number of carbonyl (C=O) groups is 2. The van der Waals surface area contributed by atoms with E-state index < -0.39 is 0 Å². The number of rotatable bonds is 7. The Bertz CT molecular complexity index is 1390. The van der Waals surface area contributed by atoms with Gasteiger partial charge in [-0.2, -0.15) is 0 Å². The molecule has 6 rings (SSSR count). The highest BCUT2D eigenvalue weighted by atomic mass is 32.2. The summed E-state index contributed by atoms with van der Waals surface area (Å²) in [5, 5.41) is 2.89. The molecular formula is C27H30N6O4S. The van der Waals surface area contributed by atoms with Crippen LogP contribution in [0.1, 0.15) is 6.42 Å². The molecular weight excluding hydrogens is 504 g/mol. The number of likely N-dealkylation sites (N-methyl/N-ethyl adjacent to an activating group) is 1. The minimum atomic E-state index is -0.349. The second kappa shape index (κ2) is 10.3. The van der Waals surface area contributed by atoms with E-state index in [1.54, 1.807) is 12.0 Å². The second-order valence-corrected chi connectivity index (χ2v) is 11.0. The van der Waals surface area contributed by atoms with Crippen LogP contribution in [0.4, 0.5) is 21.9 Å². The molecule has 2 saturated heterocycles. The summed E-state index contributed by atoms with van der Waals surface area (Å²) < 4.78 is 11.0. The van der Waals surface area contributed by atoms with Crippen LogP contribution in [0, 0.1) is 5.92 Å². The maximum Gasteiger partial charge on any atom is 0.414 e. The van der Waals surface area contributed by atoms with Gasteiger partial charge >= 0.3 is 6.09 Å². The Morgan fingerprint density at radius 2 is 2.08 bits per heavy atom. The number of amides is 2. The molecule has 2 aromatic heterocycles. The summed E-state index contributed by atoms with van der Waals surface area (Å²) in [6.07, 6.45) is 2.34. The minimum absolute atomic E-state index is 0.0262. The first-order chi connectivity index (χ1) is 18.5. The Balaban J connectivity index is 1.06. The number of carbonyl (C=O) groups excluding carboxylic acids is 2. The predicted molar refractivity (Wildman–Crippen MR) is 147 cm³/mol. The average Bonchev–Trinajstić information content (AvgIpc) is 3.53. The molecule has 11 heteroatoms. The Morgan fingerprint density at radius 1 is 1.18 bits per heavy atom. The molecule has 198 valence electrons. The molecule has 2 atom stereocenters. The van der Waals surface area contributed by atoms with Crippen LogP contribution < -0.4 is 19.9 Å². The van der Waals surface area contributed by atoms with Crippen molar-refractivity contribution in [1.82, 2.24) is 14.9 Å². The molecule has 38 heavy (non-hydrogen) atoms. The topological polar surface area (TPSA) is 100 Å². The zero-order chi connectivity index (χ0) is 26.2. The lowest BCUT2D eigenvalue weighted by Gasteiger charge is -2.24. The number of benzene rings is 1. The molecule has 1 N–H and O–H groups in total. The monoisotopic (exact) mass is 534 g/mol. The van der Waals surface area contributed by atoms with Gasteiger partial charge in [0.05, 0.1) is 36.3 Å². The summed E-state index contributed by atoms with van der Waals surface area (Å²) in [7, 11) is 3.71. The first-order valence-corrected chi connectivity index (χ1v) is 13.7. The number of cyclic esters (lactones) is 1. The number of aromatic nitrogens is 2. The molecule has 3 aromatic rings. The van der Waals surface area contributed by atoms with Gasteiger partial charge in [0.15, 0.2) is 0 Å². The first kappa shape index (κ1) is 24.7. The zero-order valence-electron chi connectivity index (χ0n) is 21.4. The normalized spacial score (nSPS) is 21.1. The third-order valence-corrected chi connectivity index (χ3v) is 8.31. The molecule has 3 aliphatic rings. The maximum atomic E-state index is 12.7. The van der Waals surface area contributed by atoms with Gasteiger partial charge < -0.3 is 24.6 Å². The van der Waals surface area contributed by atoms with Crippen molar-refractivity contribution in [3.05, 3.63) is 42.6 Å². The number of hydrogen-bond acceptors (Lipinski definition) is 9. The fourth-order valence-electron chi connectivity index (χ4n) is 5.49. The molecule has 3 aliphatic heterocycles. The van der Waals surface area contributed by atoms with Crippen molar-refractivity contribution in [2.24, 2.45) is 5.92 Å². The van der Waals surface area contributed by atoms with E-state index in [9.17, 15) is 9.59 Å². The van der Waals surface area contributed by atoms with Crippen molar-refractivity contribution >= 4 is 51.9 Å². The molecule has 2 amide bonds. The van der Waals surface area contributed by atoms with E-state index in [1.165, 1.54) is 11.8 Å². The smallest absolute Gasteiger partial charge is 0.414 e. The fraction of sp³-hybridized carbons (Fsp3) is 0.407. The van der Waals surface area contributed by atoms with Crippen molar-refractivity contribution in [3.63, 3.8) is 0 Å². The van der Waals surface area contributed by atoms with E-state index in [1.807, 2.05) is 42.6 Å². The van der Waals surface area contributed by atoms with Gasteiger partial charge in [-0.15, -0.1) is 11.8 Å².